The van der Waals surface area contributed by atoms with E-state index in [1.165, 1.54) is 4.90 Å². The Hall–Kier alpha value is -3.02. The van der Waals surface area contributed by atoms with Gasteiger partial charge in [-0.25, -0.2) is 0 Å². The second-order valence-electron chi connectivity index (χ2n) is 6.09. The fourth-order valence-corrected chi connectivity index (χ4v) is 3.32. The summed E-state index contributed by atoms with van der Waals surface area (Å²) in [5.41, 5.74) is 1.27. The molecule has 1 saturated heterocycles. The molecule has 6 heteroatoms. The molecular weight excluding hydrogens is 320 g/mol. The summed E-state index contributed by atoms with van der Waals surface area (Å²) >= 11 is 0. The molecule has 0 radical (unpaired) electrons. The first-order chi connectivity index (χ1) is 12.2. The zero-order valence-corrected chi connectivity index (χ0v) is 13.8. The molecule has 0 saturated carbocycles. The highest BCUT2D eigenvalue weighted by atomic mass is 16.7. The van der Waals surface area contributed by atoms with E-state index in [9.17, 15) is 9.59 Å². The van der Waals surface area contributed by atoms with Gasteiger partial charge in [-0.2, -0.15) is 0 Å². The SMILES string of the molecule is CN(C(=O)c1cccc2c1OCO2)[C@@H]1CCN(c2ccccc2)C1=O. The Morgan fingerprint density at radius 3 is 2.72 bits per heavy atom. The zero-order valence-electron chi connectivity index (χ0n) is 13.8. The van der Waals surface area contributed by atoms with Crippen LogP contribution in [0.25, 0.3) is 0 Å². The van der Waals surface area contributed by atoms with Gasteiger partial charge >= 0.3 is 0 Å². The van der Waals surface area contributed by atoms with Gasteiger partial charge < -0.3 is 19.3 Å². The van der Waals surface area contributed by atoms with Crippen LogP contribution in [-0.4, -0.2) is 43.1 Å². The molecule has 2 aliphatic rings. The van der Waals surface area contributed by atoms with E-state index < -0.39 is 6.04 Å². The van der Waals surface area contributed by atoms with E-state index in [2.05, 4.69) is 0 Å². The number of hydrogen-bond donors (Lipinski definition) is 0. The van der Waals surface area contributed by atoms with Crippen molar-refractivity contribution in [1.29, 1.82) is 0 Å². The molecule has 0 aliphatic carbocycles. The van der Waals surface area contributed by atoms with Gasteiger partial charge in [0.1, 0.15) is 6.04 Å². The highest BCUT2D eigenvalue weighted by Gasteiger charge is 2.38. The largest absolute Gasteiger partial charge is 0.454 e. The zero-order chi connectivity index (χ0) is 17.4. The molecule has 0 spiro atoms. The first kappa shape index (κ1) is 15.5. The fraction of sp³-hybridized carbons (Fsp3) is 0.263. The number of carbonyl (C=O) groups is 2. The van der Waals surface area contributed by atoms with Crippen molar-refractivity contribution in [1.82, 2.24) is 4.90 Å². The van der Waals surface area contributed by atoms with E-state index in [4.69, 9.17) is 9.47 Å². The molecule has 4 rings (SSSR count). The Bertz CT molecular complexity index is 821. The summed E-state index contributed by atoms with van der Waals surface area (Å²) in [5.74, 6) is 0.704. The molecule has 6 nitrogen and oxygen atoms in total. The fourth-order valence-electron chi connectivity index (χ4n) is 3.32. The predicted molar refractivity (Wildman–Crippen MR) is 91.9 cm³/mol. The van der Waals surface area contributed by atoms with Gasteiger partial charge in [-0.15, -0.1) is 0 Å². The van der Waals surface area contributed by atoms with Crippen LogP contribution in [-0.2, 0) is 4.79 Å². The van der Waals surface area contributed by atoms with Gasteiger partial charge in [0.15, 0.2) is 11.5 Å². The maximum absolute atomic E-state index is 12.9. The normalized spacial score (nSPS) is 18.5. The van der Waals surface area contributed by atoms with Crippen molar-refractivity contribution in [2.45, 2.75) is 12.5 Å². The van der Waals surface area contributed by atoms with Crippen LogP contribution in [0.3, 0.4) is 0 Å². The van der Waals surface area contributed by atoms with E-state index >= 15 is 0 Å². The van der Waals surface area contributed by atoms with Gasteiger partial charge in [-0.05, 0) is 30.7 Å². The summed E-state index contributed by atoms with van der Waals surface area (Å²) in [7, 11) is 1.66. The molecule has 0 unspecified atom stereocenters. The highest BCUT2D eigenvalue weighted by Crippen LogP contribution is 2.36. The highest BCUT2D eigenvalue weighted by molar-refractivity contribution is 6.05. The molecule has 2 aliphatic heterocycles. The summed E-state index contributed by atoms with van der Waals surface area (Å²) in [6.45, 7) is 0.700. The van der Waals surface area contributed by atoms with Crippen LogP contribution in [0.4, 0.5) is 5.69 Å². The molecule has 2 aromatic rings. The molecule has 128 valence electrons. The van der Waals surface area contributed by atoms with Crippen molar-refractivity contribution in [2.24, 2.45) is 0 Å². The summed E-state index contributed by atoms with van der Waals surface area (Å²) < 4.78 is 10.7. The Balaban J connectivity index is 1.56. The number of carbonyl (C=O) groups excluding carboxylic acids is 2. The molecule has 0 bridgehead atoms. The molecule has 1 fully saturated rings. The third-order valence-electron chi connectivity index (χ3n) is 4.66. The molecule has 25 heavy (non-hydrogen) atoms. The van der Waals surface area contributed by atoms with Crippen molar-refractivity contribution in [3.05, 3.63) is 54.1 Å². The number of benzene rings is 2. The quantitative estimate of drug-likeness (QED) is 0.862. The van der Waals surface area contributed by atoms with Crippen LogP contribution in [0.5, 0.6) is 11.5 Å². The maximum atomic E-state index is 12.9. The number of likely N-dealkylation sites (N-methyl/N-ethyl adjacent to an activating group) is 1. The number of hydrogen-bond acceptors (Lipinski definition) is 4. The van der Waals surface area contributed by atoms with Gasteiger partial charge in [0.05, 0.1) is 5.56 Å². The van der Waals surface area contributed by atoms with Crippen molar-refractivity contribution in [3.8, 4) is 11.5 Å². The number of amides is 2. The van der Waals surface area contributed by atoms with E-state index in [0.29, 0.717) is 30.0 Å². The lowest BCUT2D eigenvalue weighted by molar-refractivity contribution is -0.120. The van der Waals surface area contributed by atoms with E-state index in [-0.39, 0.29) is 18.6 Å². The Morgan fingerprint density at radius 2 is 1.92 bits per heavy atom. The van der Waals surface area contributed by atoms with Gasteiger partial charge in [0.25, 0.3) is 5.91 Å². The van der Waals surface area contributed by atoms with Crippen LogP contribution in [0.1, 0.15) is 16.8 Å². The summed E-state index contributed by atoms with van der Waals surface area (Å²) in [4.78, 5) is 28.9. The number of anilines is 1. The third-order valence-corrected chi connectivity index (χ3v) is 4.66. The lowest BCUT2D eigenvalue weighted by atomic mass is 10.1. The number of rotatable bonds is 3. The van der Waals surface area contributed by atoms with Crippen LogP contribution < -0.4 is 14.4 Å². The monoisotopic (exact) mass is 338 g/mol. The average molecular weight is 338 g/mol. The van der Waals surface area contributed by atoms with Crippen LogP contribution in [0.15, 0.2) is 48.5 Å². The minimum atomic E-state index is -0.481. The lowest BCUT2D eigenvalue weighted by Gasteiger charge is -2.24. The Morgan fingerprint density at radius 1 is 1.12 bits per heavy atom. The Kier molecular flexibility index (Phi) is 3.80. The smallest absolute Gasteiger partial charge is 0.258 e. The van der Waals surface area contributed by atoms with Crippen molar-refractivity contribution in [3.63, 3.8) is 0 Å². The topological polar surface area (TPSA) is 59.1 Å². The lowest BCUT2D eigenvalue weighted by Crippen LogP contribution is -2.43. The molecule has 0 aromatic heterocycles. The summed E-state index contributed by atoms with van der Waals surface area (Å²) in [6.07, 6.45) is 0.600. The van der Waals surface area contributed by atoms with Crippen LogP contribution >= 0.6 is 0 Å². The molecule has 1 atom stereocenters. The molecule has 2 heterocycles. The van der Waals surface area contributed by atoms with Gasteiger partial charge in [0, 0.05) is 19.3 Å². The first-order valence-electron chi connectivity index (χ1n) is 8.19. The van der Waals surface area contributed by atoms with Crippen molar-refractivity contribution < 1.29 is 19.1 Å². The minimum Gasteiger partial charge on any atom is -0.454 e. The Labute approximate surface area is 145 Å². The number of nitrogens with zero attached hydrogens (tertiary/aromatic N) is 2. The van der Waals surface area contributed by atoms with Gasteiger partial charge in [0.2, 0.25) is 12.7 Å². The number of para-hydroxylation sites is 2. The number of ether oxygens (including phenoxy) is 2. The minimum absolute atomic E-state index is 0.0632. The number of fused-ring (bicyclic) bond motifs is 1. The molecule has 0 N–H and O–H groups in total. The maximum Gasteiger partial charge on any atom is 0.258 e. The predicted octanol–water partition coefficient (Wildman–Crippen LogP) is 2.29. The molecule has 2 aromatic carbocycles. The second-order valence-corrected chi connectivity index (χ2v) is 6.09. The second kappa shape index (κ2) is 6.12. The average Bonchev–Trinajstić information content (AvgIpc) is 3.27. The van der Waals surface area contributed by atoms with E-state index in [1.54, 1.807) is 30.1 Å². The van der Waals surface area contributed by atoms with Gasteiger partial charge in [-0.1, -0.05) is 24.3 Å². The molecular formula is C19H18N2O4. The summed E-state index contributed by atoms with van der Waals surface area (Å²) in [6, 6.07) is 14.2. The summed E-state index contributed by atoms with van der Waals surface area (Å²) in [5, 5.41) is 0. The standard InChI is InChI=1S/C19H18N2O4/c1-20(18(22)14-8-5-9-16-17(14)25-12-24-16)15-10-11-21(19(15)23)13-6-3-2-4-7-13/h2-9,15H,10-12H2,1H3/t15-/m1/s1. The molecule has 2 amide bonds. The van der Waals surface area contributed by atoms with E-state index in [0.717, 1.165) is 5.69 Å². The van der Waals surface area contributed by atoms with Crippen molar-refractivity contribution >= 4 is 17.5 Å². The van der Waals surface area contributed by atoms with Crippen LogP contribution in [0, 0.1) is 0 Å². The van der Waals surface area contributed by atoms with Crippen molar-refractivity contribution in [2.75, 3.05) is 25.3 Å². The van der Waals surface area contributed by atoms with Crippen LogP contribution in [0.2, 0.25) is 0 Å². The van der Waals surface area contributed by atoms with E-state index in [1.807, 2.05) is 30.3 Å². The van der Waals surface area contributed by atoms with Gasteiger partial charge in [-0.3, -0.25) is 9.59 Å². The third kappa shape index (κ3) is 2.59. The first-order valence-corrected chi connectivity index (χ1v) is 8.19.